The fourth-order valence-corrected chi connectivity index (χ4v) is 1.46. The van der Waals surface area contributed by atoms with E-state index in [1.54, 1.807) is 12.5 Å². The highest BCUT2D eigenvalue weighted by atomic mass is 32.1. The number of H-pyrrole nitrogens is 1. The van der Waals surface area contributed by atoms with Gasteiger partial charge in [0.1, 0.15) is 6.33 Å². The van der Waals surface area contributed by atoms with Crippen molar-refractivity contribution in [2.45, 2.75) is 19.5 Å². The molecule has 2 heterocycles. The number of nitrogens with one attached hydrogen (secondary N) is 1. The zero-order valence-corrected chi connectivity index (χ0v) is 8.44. The lowest BCUT2D eigenvalue weighted by molar-refractivity contribution is 0.524. The molecule has 2 aromatic rings. The predicted octanol–water partition coefficient (Wildman–Crippen LogP) is 1.23. The van der Waals surface area contributed by atoms with Gasteiger partial charge in [0.15, 0.2) is 4.77 Å². The van der Waals surface area contributed by atoms with Crippen LogP contribution in [0.2, 0.25) is 0 Å². The molecule has 0 amide bonds. The summed E-state index contributed by atoms with van der Waals surface area (Å²) in [5.41, 5.74) is 0. The van der Waals surface area contributed by atoms with Gasteiger partial charge in [-0.05, 0) is 24.7 Å². The van der Waals surface area contributed by atoms with Gasteiger partial charge in [0.2, 0.25) is 0 Å². The van der Waals surface area contributed by atoms with E-state index >= 15 is 0 Å². The first-order chi connectivity index (χ1) is 6.86. The second kappa shape index (κ2) is 4.19. The summed E-state index contributed by atoms with van der Waals surface area (Å²) in [6.45, 7) is 1.77. The summed E-state index contributed by atoms with van der Waals surface area (Å²) >= 11 is 5.02. The summed E-state index contributed by atoms with van der Waals surface area (Å²) in [5, 5.41) is 10.7. The first-order valence-electron chi connectivity index (χ1n) is 4.43. The van der Waals surface area contributed by atoms with Gasteiger partial charge in [-0.25, -0.2) is 0 Å². The Bertz CT molecular complexity index is 427. The maximum Gasteiger partial charge on any atom is 0.194 e. The third-order valence-electron chi connectivity index (χ3n) is 1.96. The third-order valence-corrected chi connectivity index (χ3v) is 2.29. The van der Waals surface area contributed by atoms with Gasteiger partial charge < -0.3 is 4.57 Å². The molecule has 5 nitrogen and oxygen atoms in total. The minimum atomic E-state index is 0.672. The standard InChI is InChI=1S/C8H11N5S/c14-8-11-9-7-12(8)4-2-6-13-5-1-3-10-13/h1,3,5,7H,2,4,6H2,(H,11,14). The van der Waals surface area contributed by atoms with Crippen LogP contribution in [-0.4, -0.2) is 24.5 Å². The van der Waals surface area contributed by atoms with Crippen LogP contribution in [0.1, 0.15) is 6.42 Å². The molecule has 2 aromatic heterocycles. The first-order valence-corrected chi connectivity index (χ1v) is 4.84. The minimum Gasteiger partial charge on any atom is -0.307 e. The Labute approximate surface area is 86.4 Å². The van der Waals surface area contributed by atoms with Crippen LogP contribution >= 0.6 is 12.2 Å². The molecule has 0 spiro atoms. The Morgan fingerprint density at radius 1 is 1.43 bits per heavy atom. The number of nitrogens with zero attached hydrogens (tertiary/aromatic N) is 4. The second-order valence-corrected chi connectivity index (χ2v) is 3.36. The van der Waals surface area contributed by atoms with Crippen LogP contribution in [0, 0.1) is 4.77 Å². The van der Waals surface area contributed by atoms with Gasteiger partial charge in [0.25, 0.3) is 0 Å². The summed E-state index contributed by atoms with van der Waals surface area (Å²) in [6.07, 6.45) is 6.44. The van der Waals surface area contributed by atoms with Crippen molar-refractivity contribution >= 4 is 12.2 Å². The SMILES string of the molecule is S=c1[nH]ncn1CCCn1cccn1. The molecule has 0 aliphatic rings. The molecule has 0 aromatic carbocycles. The molecule has 0 saturated heterocycles. The van der Waals surface area contributed by atoms with Crippen molar-refractivity contribution in [2.24, 2.45) is 0 Å². The molecule has 0 aliphatic carbocycles. The molecule has 0 radical (unpaired) electrons. The Hall–Kier alpha value is -1.43. The van der Waals surface area contributed by atoms with Crippen LogP contribution in [0.3, 0.4) is 0 Å². The number of aromatic amines is 1. The van der Waals surface area contributed by atoms with E-state index in [0.717, 1.165) is 19.5 Å². The van der Waals surface area contributed by atoms with Crippen LogP contribution in [0.4, 0.5) is 0 Å². The monoisotopic (exact) mass is 209 g/mol. The van der Waals surface area contributed by atoms with Gasteiger partial charge in [0.05, 0.1) is 0 Å². The molecular weight excluding hydrogens is 198 g/mol. The number of hydrogen-bond donors (Lipinski definition) is 1. The van der Waals surface area contributed by atoms with Crippen molar-refractivity contribution in [3.8, 4) is 0 Å². The van der Waals surface area contributed by atoms with Crippen molar-refractivity contribution in [1.29, 1.82) is 0 Å². The van der Waals surface area contributed by atoms with E-state index in [1.807, 2.05) is 21.5 Å². The van der Waals surface area contributed by atoms with Crippen LogP contribution in [-0.2, 0) is 13.1 Å². The largest absolute Gasteiger partial charge is 0.307 e. The first kappa shape index (κ1) is 9.14. The van der Waals surface area contributed by atoms with Gasteiger partial charge in [-0.2, -0.15) is 10.2 Å². The van der Waals surface area contributed by atoms with Gasteiger partial charge in [-0.1, -0.05) is 0 Å². The van der Waals surface area contributed by atoms with E-state index < -0.39 is 0 Å². The van der Waals surface area contributed by atoms with Crippen molar-refractivity contribution in [3.05, 3.63) is 29.6 Å². The molecule has 74 valence electrons. The number of rotatable bonds is 4. The Morgan fingerprint density at radius 2 is 2.36 bits per heavy atom. The molecule has 2 rings (SSSR count). The second-order valence-electron chi connectivity index (χ2n) is 2.98. The molecule has 1 N–H and O–H groups in total. The topological polar surface area (TPSA) is 51.4 Å². The normalized spacial score (nSPS) is 10.6. The minimum absolute atomic E-state index is 0.672. The lowest BCUT2D eigenvalue weighted by Crippen LogP contribution is -2.03. The maximum atomic E-state index is 5.02. The Balaban J connectivity index is 1.84. The van der Waals surface area contributed by atoms with Crippen molar-refractivity contribution in [2.75, 3.05) is 0 Å². The maximum absolute atomic E-state index is 5.02. The molecule has 0 fully saturated rings. The van der Waals surface area contributed by atoms with E-state index in [1.165, 1.54) is 0 Å². The molecule has 0 atom stereocenters. The zero-order chi connectivity index (χ0) is 9.80. The highest BCUT2D eigenvalue weighted by Gasteiger charge is 1.94. The van der Waals surface area contributed by atoms with Gasteiger partial charge in [-0.3, -0.25) is 9.78 Å². The molecular formula is C8H11N5S. The summed E-state index contributed by atoms with van der Waals surface area (Å²) in [4.78, 5) is 0. The smallest absolute Gasteiger partial charge is 0.194 e. The van der Waals surface area contributed by atoms with Crippen molar-refractivity contribution < 1.29 is 0 Å². The van der Waals surface area contributed by atoms with E-state index in [9.17, 15) is 0 Å². The summed E-state index contributed by atoms with van der Waals surface area (Å²) in [7, 11) is 0. The van der Waals surface area contributed by atoms with Crippen molar-refractivity contribution in [3.63, 3.8) is 0 Å². The van der Waals surface area contributed by atoms with E-state index in [4.69, 9.17) is 12.2 Å². The van der Waals surface area contributed by atoms with E-state index in [-0.39, 0.29) is 0 Å². The van der Waals surface area contributed by atoms with Gasteiger partial charge in [0, 0.05) is 25.5 Å². The summed E-state index contributed by atoms with van der Waals surface area (Å²) in [5.74, 6) is 0. The Kier molecular flexibility index (Phi) is 2.73. The lowest BCUT2D eigenvalue weighted by atomic mass is 10.4. The average molecular weight is 209 g/mol. The number of aryl methyl sites for hydroxylation is 2. The molecule has 0 aliphatic heterocycles. The number of hydrogen-bond acceptors (Lipinski definition) is 3. The summed E-state index contributed by atoms with van der Waals surface area (Å²) in [6, 6.07) is 1.92. The highest BCUT2D eigenvalue weighted by Crippen LogP contribution is 1.94. The number of aromatic nitrogens is 5. The molecule has 6 heteroatoms. The molecule has 14 heavy (non-hydrogen) atoms. The van der Waals surface area contributed by atoms with Crippen LogP contribution in [0.15, 0.2) is 24.8 Å². The van der Waals surface area contributed by atoms with Crippen molar-refractivity contribution in [1.82, 2.24) is 24.5 Å². The van der Waals surface area contributed by atoms with Crippen LogP contribution in [0.5, 0.6) is 0 Å². The predicted molar refractivity (Wildman–Crippen MR) is 54.3 cm³/mol. The molecule has 0 unspecified atom stereocenters. The average Bonchev–Trinajstić information content (AvgIpc) is 2.78. The quantitative estimate of drug-likeness (QED) is 0.770. The third kappa shape index (κ3) is 2.08. The lowest BCUT2D eigenvalue weighted by Gasteiger charge is -2.01. The highest BCUT2D eigenvalue weighted by molar-refractivity contribution is 7.71. The van der Waals surface area contributed by atoms with Gasteiger partial charge >= 0.3 is 0 Å². The van der Waals surface area contributed by atoms with E-state index in [2.05, 4.69) is 15.3 Å². The fourth-order valence-electron chi connectivity index (χ4n) is 1.27. The Morgan fingerprint density at radius 3 is 3.00 bits per heavy atom. The fraction of sp³-hybridized carbons (Fsp3) is 0.375. The molecule has 0 saturated carbocycles. The van der Waals surface area contributed by atoms with Crippen LogP contribution < -0.4 is 0 Å². The zero-order valence-electron chi connectivity index (χ0n) is 7.63. The van der Waals surface area contributed by atoms with E-state index in [0.29, 0.717) is 4.77 Å². The van der Waals surface area contributed by atoms with Gasteiger partial charge in [-0.15, -0.1) is 0 Å². The molecule has 0 bridgehead atoms. The summed E-state index contributed by atoms with van der Waals surface area (Å²) < 4.78 is 4.49. The van der Waals surface area contributed by atoms with Crippen LogP contribution in [0.25, 0.3) is 0 Å².